The van der Waals surface area contributed by atoms with Crippen molar-refractivity contribution >= 4 is 33.0 Å². The number of non-ortho nitro benzene ring substituents is 1. The number of amides is 1. The third kappa shape index (κ3) is 2.57. The number of carbonyl (C=O) groups is 1. The van der Waals surface area contributed by atoms with Gasteiger partial charge in [-0.05, 0) is 50.4 Å². The molecule has 0 radical (unpaired) electrons. The Kier molecular flexibility index (Phi) is 3.77. The second kappa shape index (κ2) is 5.82. The first kappa shape index (κ1) is 15.5. The smallest absolute Gasteiger partial charge is 0.270 e. The Balaban J connectivity index is 1.60. The van der Waals surface area contributed by atoms with Crippen molar-refractivity contribution in [2.75, 3.05) is 19.6 Å². The quantitative estimate of drug-likeness (QED) is 0.685. The van der Waals surface area contributed by atoms with E-state index in [4.69, 9.17) is 0 Å². The lowest BCUT2D eigenvalue weighted by Gasteiger charge is -2.44. The van der Waals surface area contributed by atoms with Crippen molar-refractivity contribution in [3.05, 3.63) is 38.8 Å². The number of nitrogens with zero attached hydrogens (tertiary/aromatic N) is 2. The van der Waals surface area contributed by atoms with Gasteiger partial charge in [-0.3, -0.25) is 14.9 Å². The van der Waals surface area contributed by atoms with Crippen LogP contribution in [0, 0.1) is 23.0 Å². The first-order valence-electron chi connectivity index (χ1n) is 8.23. The predicted molar refractivity (Wildman–Crippen MR) is 93.6 cm³/mol. The standard InChI is InChI=1S/C17H19N3O3S/c1-10-13-8-12(20(22)23)2-3-15(13)24-16(10)17(21)18-14-9-19-6-4-11(14)5-7-19/h2-3,8,11,14H,4-7,9H2,1H3,(H,18,21). The first-order chi connectivity index (χ1) is 11.5. The van der Waals surface area contributed by atoms with Crippen molar-refractivity contribution in [3.63, 3.8) is 0 Å². The number of fused-ring (bicyclic) bond motifs is 4. The molecule has 1 aromatic heterocycles. The summed E-state index contributed by atoms with van der Waals surface area (Å²) in [5.74, 6) is 0.532. The molecule has 3 fully saturated rings. The van der Waals surface area contributed by atoms with Crippen LogP contribution < -0.4 is 5.32 Å². The molecule has 3 aliphatic rings. The van der Waals surface area contributed by atoms with E-state index < -0.39 is 4.92 Å². The zero-order chi connectivity index (χ0) is 16.8. The third-order valence-corrected chi connectivity index (χ3v) is 6.58. The zero-order valence-electron chi connectivity index (χ0n) is 13.4. The first-order valence-corrected chi connectivity index (χ1v) is 9.05. The number of nitrogens with one attached hydrogen (secondary N) is 1. The summed E-state index contributed by atoms with van der Waals surface area (Å²) in [6.45, 7) is 5.09. The highest BCUT2D eigenvalue weighted by atomic mass is 32.1. The van der Waals surface area contributed by atoms with E-state index in [1.54, 1.807) is 12.1 Å². The summed E-state index contributed by atoms with van der Waals surface area (Å²) >= 11 is 1.41. The molecule has 1 N–H and O–H groups in total. The summed E-state index contributed by atoms with van der Waals surface area (Å²) in [5.41, 5.74) is 0.894. The van der Waals surface area contributed by atoms with E-state index in [9.17, 15) is 14.9 Å². The van der Waals surface area contributed by atoms with Crippen LogP contribution in [0.15, 0.2) is 18.2 Å². The van der Waals surface area contributed by atoms with Gasteiger partial charge in [0, 0.05) is 34.8 Å². The zero-order valence-corrected chi connectivity index (χ0v) is 14.3. The van der Waals surface area contributed by atoms with Gasteiger partial charge in [-0.15, -0.1) is 11.3 Å². The fourth-order valence-electron chi connectivity index (χ4n) is 3.90. The van der Waals surface area contributed by atoms with E-state index >= 15 is 0 Å². The van der Waals surface area contributed by atoms with Gasteiger partial charge in [-0.2, -0.15) is 0 Å². The highest BCUT2D eigenvalue weighted by Crippen LogP contribution is 2.34. The van der Waals surface area contributed by atoms with Gasteiger partial charge in [0.15, 0.2) is 0 Å². The van der Waals surface area contributed by atoms with Crippen LogP contribution in [0.3, 0.4) is 0 Å². The average Bonchev–Trinajstić information content (AvgIpc) is 2.92. The highest BCUT2D eigenvalue weighted by molar-refractivity contribution is 7.21. The molecule has 126 valence electrons. The minimum atomic E-state index is -0.399. The van der Waals surface area contributed by atoms with Crippen LogP contribution in [0.5, 0.6) is 0 Å². The molecular formula is C17H19N3O3S. The number of piperidine rings is 3. The summed E-state index contributed by atoms with van der Waals surface area (Å²) in [7, 11) is 0. The Morgan fingerprint density at radius 3 is 2.75 bits per heavy atom. The average molecular weight is 345 g/mol. The van der Waals surface area contributed by atoms with Crippen LogP contribution in [0.2, 0.25) is 0 Å². The number of hydrogen-bond donors (Lipinski definition) is 1. The van der Waals surface area contributed by atoms with Gasteiger partial charge in [0.1, 0.15) is 0 Å². The van der Waals surface area contributed by atoms with Crippen LogP contribution >= 0.6 is 11.3 Å². The Bertz CT molecular complexity index is 824. The van der Waals surface area contributed by atoms with Crippen LogP contribution in [0.1, 0.15) is 28.1 Å². The van der Waals surface area contributed by atoms with E-state index in [-0.39, 0.29) is 17.6 Å². The van der Waals surface area contributed by atoms with E-state index in [0.717, 1.165) is 48.1 Å². The van der Waals surface area contributed by atoms with E-state index in [1.807, 2.05) is 6.92 Å². The van der Waals surface area contributed by atoms with E-state index in [1.165, 1.54) is 17.4 Å². The van der Waals surface area contributed by atoms with E-state index in [0.29, 0.717) is 10.8 Å². The van der Waals surface area contributed by atoms with Crippen molar-refractivity contribution in [1.82, 2.24) is 10.2 Å². The van der Waals surface area contributed by atoms with Crippen LogP contribution in [0.25, 0.3) is 10.1 Å². The van der Waals surface area contributed by atoms with Gasteiger partial charge in [0.25, 0.3) is 11.6 Å². The molecule has 3 aliphatic heterocycles. The molecule has 1 amide bonds. The Labute approximate surface area is 143 Å². The van der Waals surface area contributed by atoms with Crippen molar-refractivity contribution in [1.29, 1.82) is 0 Å². The Hall–Kier alpha value is -1.99. The molecule has 5 rings (SSSR count). The molecule has 2 aromatic rings. The second-order valence-corrected chi connectivity index (χ2v) is 7.76. The number of thiophene rings is 1. The number of nitro benzene ring substituents is 1. The number of rotatable bonds is 3. The number of nitro groups is 1. The van der Waals surface area contributed by atoms with Gasteiger partial charge >= 0.3 is 0 Å². The second-order valence-electron chi connectivity index (χ2n) is 6.71. The molecule has 24 heavy (non-hydrogen) atoms. The van der Waals surface area contributed by atoms with Crippen LogP contribution in [0.4, 0.5) is 5.69 Å². The fraction of sp³-hybridized carbons (Fsp3) is 0.471. The van der Waals surface area contributed by atoms with Gasteiger partial charge < -0.3 is 10.2 Å². The number of hydrogen-bond acceptors (Lipinski definition) is 5. The predicted octanol–water partition coefficient (Wildman–Crippen LogP) is 2.94. The molecule has 0 aliphatic carbocycles. The van der Waals surface area contributed by atoms with Crippen LogP contribution in [-0.4, -0.2) is 41.4 Å². The molecule has 3 saturated heterocycles. The Morgan fingerprint density at radius 1 is 1.38 bits per heavy atom. The molecule has 0 saturated carbocycles. The maximum Gasteiger partial charge on any atom is 0.270 e. The number of aryl methyl sites for hydroxylation is 1. The van der Waals surface area contributed by atoms with E-state index in [2.05, 4.69) is 10.2 Å². The molecule has 7 heteroatoms. The lowest BCUT2D eigenvalue weighted by atomic mass is 9.84. The van der Waals surface area contributed by atoms with Gasteiger partial charge in [0.2, 0.25) is 0 Å². The third-order valence-electron chi connectivity index (χ3n) is 5.31. The number of benzene rings is 1. The summed E-state index contributed by atoms with van der Waals surface area (Å²) in [6, 6.07) is 5.01. The molecule has 2 bridgehead atoms. The highest BCUT2D eigenvalue weighted by Gasteiger charge is 2.35. The molecular weight excluding hydrogens is 326 g/mol. The molecule has 6 nitrogen and oxygen atoms in total. The molecule has 1 aromatic carbocycles. The fourth-order valence-corrected chi connectivity index (χ4v) is 4.99. The summed E-state index contributed by atoms with van der Waals surface area (Å²) < 4.78 is 0.914. The SMILES string of the molecule is Cc1c(C(=O)NC2CN3CCC2CC3)sc2ccc([N+](=O)[O-])cc12. The van der Waals surface area contributed by atoms with Gasteiger partial charge in [-0.25, -0.2) is 0 Å². The minimum Gasteiger partial charge on any atom is -0.347 e. The lowest BCUT2D eigenvalue weighted by molar-refractivity contribution is -0.384. The molecule has 0 spiro atoms. The summed E-state index contributed by atoms with van der Waals surface area (Å²) in [4.78, 5) is 26.4. The van der Waals surface area contributed by atoms with Crippen molar-refractivity contribution in [2.24, 2.45) is 5.92 Å². The van der Waals surface area contributed by atoms with Gasteiger partial charge in [0.05, 0.1) is 9.80 Å². The largest absolute Gasteiger partial charge is 0.347 e. The summed E-state index contributed by atoms with van der Waals surface area (Å²) in [6.07, 6.45) is 2.31. The minimum absolute atomic E-state index is 0.0462. The normalized spacial score (nSPS) is 25.8. The van der Waals surface area contributed by atoms with Crippen LogP contribution in [-0.2, 0) is 0 Å². The summed E-state index contributed by atoms with van der Waals surface area (Å²) in [5, 5.41) is 15.0. The topological polar surface area (TPSA) is 75.5 Å². The monoisotopic (exact) mass is 345 g/mol. The molecule has 1 atom stereocenters. The maximum absolute atomic E-state index is 12.7. The maximum atomic E-state index is 12.7. The van der Waals surface area contributed by atoms with Gasteiger partial charge in [-0.1, -0.05) is 0 Å². The lowest BCUT2D eigenvalue weighted by Crippen LogP contribution is -2.57. The van der Waals surface area contributed by atoms with Crippen molar-refractivity contribution in [2.45, 2.75) is 25.8 Å². The van der Waals surface area contributed by atoms with Crippen molar-refractivity contribution < 1.29 is 9.72 Å². The Morgan fingerprint density at radius 2 is 2.12 bits per heavy atom. The number of carbonyl (C=O) groups excluding carboxylic acids is 1. The molecule has 4 heterocycles. The molecule has 1 unspecified atom stereocenters. The van der Waals surface area contributed by atoms with Crippen molar-refractivity contribution in [3.8, 4) is 0 Å².